The molecule has 1 rings (SSSR count). The molecule has 0 fully saturated rings. The molecule has 1 unspecified atom stereocenters. The van der Waals surface area contributed by atoms with Crippen molar-refractivity contribution in [3.63, 3.8) is 0 Å². The van der Waals surface area contributed by atoms with Crippen LogP contribution in [0.4, 0.5) is 0 Å². The number of aliphatic hydroxyl groups is 1. The summed E-state index contributed by atoms with van der Waals surface area (Å²) in [5.74, 6) is -0.879. The number of rotatable bonds is 3. The third-order valence-corrected chi connectivity index (χ3v) is 1.49. The summed E-state index contributed by atoms with van der Waals surface area (Å²) in [6.07, 6.45) is -0.596. The fourth-order valence-corrected chi connectivity index (χ4v) is 0.655. The predicted molar refractivity (Wildman–Crippen MR) is 53.4 cm³/mol. The van der Waals surface area contributed by atoms with Crippen molar-refractivity contribution < 1.29 is 25.2 Å². The number of carbonyl (C=O) groups is 1. The van der Waals surface area contributed by atoms with Gasteiger partial charge in [-0.2, -0.15) is 0 Å². The maximum absolute atomic E-state index is 10.2. The smallest absolute Gasteiger partial charge is 0.335 e. The van der Waals surface area contributed by atoms with Gasteiger partial charge in [0, 0.05) is 0 Å². The van der Waals surface area contributed by atoms with E-state index in [4.69, 9.17) is 15.5 Å². The lowest BCUT2D eigenvalue weighted by molar-refractivity contribution is -0.334. The van der Waals surface area contributed by atoms with E-state index < -0.39 is 12.3 Å². The zero-order valence-corrected chi connectivity index (χ0v) is 8.33. The number of aliphatic hydroxyl groups excluding tert-OH is 1. The van der Waals surface area contributed by atoms with Gasteiger partial charge in [-0.05, 0) is 18.6 Å². The van der Waals surface area contributed by atoms with Crippen LogP contribution in [0.1, 0.15) is 23.7 Å². The first-order valence-corrected chi connectivity index (χ1v) is 4.38. The molecule has 84 valence electrons. The monoisotopic (exact) mass is 214 g/mol. The van der Waals surface area contributed by atoms with Gasteiger partial charge in [0.1, 0.15) is 0 Å². The van der Waals surface area contributed by atoms with Gasteiger partial charge in [0.15, 0.2) is 6.29 Å². The van der Waals surface area contributed by atoms with Crippen molar-refractivity contribution in [3.05, 3.63) is 35.9 Å². The van der Waals surface area contributed by atoms with Crippen LogP contribution in [0.3, 0.4) is 0 Å². The molecule has 0 radical (unpaired) electrons. The van der Waals surface area contributed by atoms with Crippen LogP contribution in [0.15, 0.2) is 30.3 Å². The third kappa shape index (κ3) is 6.62. The van der Waals surface area contributed by atoms with E-state index in [0.29, 0.717) is 12.0 Å². The van der Waals surface area contributed by atoms with E-state index in [9.17, 15) is 4.79 Å². The lowest BCUT2D eigenvalue weighted by Crippen LogP contribution is -2.05. The lowest BCUT2D eigenvalue weighted by Gasteiger charge is -1.97. The highest BCUT2D eigenvalue weighted by atomic mass is 17.1. The summed E-state index contributed by atoms with van der Waals surface area (Å²) >= 11 is 0. The highest BCUT2D eigenvalue weighted by Gasteiger charge is 1.96. The molecule has 0 amide bonds. The van der Waals surface area contributed by atoms with Crippen LogP contribution < -0.4 is 0 Å². The van der Waals surface area contributed by atoms with Gasteiger partial charge in [-0.15, -0.1) is 0 Å². The number of hydrogen-bond donors (Lipinski definition) is 3. The van der Waals surface area contributed by atoms with Crippen LogP contribution in [-0.4, -0.2) is 27.7 Å². The molecule has 3 N–H and O–H groups in total. The van der Waals surface area contributed by atoms with Crippen LogP contribution in [0.2, 0.25) is 0 Å². The summed E-state index contributed by atoms with van der Waals surface area (Å²) < 4.78 is 0. The molecule has 0 saturated carbocycles. The highest BCUT2D eigenvalue weighted by Crippen LogP contribution is 1.96. The normalized spacial score (nSPS) is 11.1. The van der Waals surface area contributed by atoms with E-state index in [-0.39, 0.29) is 0 Å². The lowest BCUT2D eigenvalue weighted by atomic mass is 10.2. The van der Waals surface area contributed by atoms with Gasteiger partial charge in [-0.1, -0.05) is 25.1 Å². The fourth-order valence-electron chi connectivity index (χ4n) is 0.655. The Labute approximate surface area is 87.5 Å². The van der Waals surface area contributed by atoms with Gasteiger partial charge in [-0.25, -0.2) is 14.9 Å². The van der Waals surface area contributed by atoms with E-state index in [1.807, 2.05) is 0 Å². The largest absolute Gasteiger partial charge is 0.478 e. The van der Waals surface area contributed by atoms with Crippen LogP contribution in [-0.2, 0) is 4.89 Å². The minimum atomic E-state index is -1.01. The Hall–Kier alpha value is -1.43. The third-order valence-electron chi connectivity index (χ3n) is 1.49. The Bertz CT molecular complexity index is 268. The summed E-state index contributed by atoms with van der Waals surface area (Å²) in [4.78, 5) is 13.7. The van der Waals surface area contributed by atoms with Gasteiger partial charge >= 0.3 is 5.97 Å². The average Bonchev–Trinajstić information content (AvgIpc) is 2.30. The minimum Gasteiger partial charge on any atom is -0.478 e. The molecule has 0 aliphatic heterocycles. The summed E-state index contributed by atoms with van der Waals surface area (Å²) in [6.45, 7) is 1.70. The number of aromatic carboxylic acids is 1. The molecule has 5 heteroatoms. The minimum absolute atomic E-state index is 0.331. The summed E-state index contributed by atoms with van der Waals surface area (Å²) in [5.41, 5.74) is 0.331. The van der Waals surface area contributed by atoms with Crippen molar-refractivity contribution in [1.29, 1.82) is 0 Å². The number of hydrogen-bond acceptors (Lipinski definition) is 4. The van der Waals surface area contributed by atoms with E-state index in [0.717, 1.165) is 0 Å². The SMILES string of the molecule is CCC(O)OO.O=C(O)c1ccccc1. The summed E-state index contributed by atoms with van der Waals surface area (Å²) in [7, 11) is 0. The zero-order chi connectivity index (χ0) is 11.7. The second-order valence-corrected chi connectivity index (χ2v) is 2.64. The Balaban J connectivity index is 0.000000288. The first-order chi connectivity index (χ1) is 7.11. The van der Waals surface area contributed by atoms with Crippen molar-refractivity contribution in [2.45, 2.75) is 19.6 Å². The quantitative estimate of drug-likeness (QED) is 0.404. The standard InChI is InChI=1S/C7H6O2.C3H8O3/c8-7(9)6-4-2-1-3-5-6;1-2-3(4)6-5/h1-5H,(H,8,9);3-5H,2H2,1H3. The van der Waals surface area contributed by atoms with Gasteiger partial charge in [0.25, 0.3) is 0 Å². The van der Waals surface area contributed by atoms with Crippen LogP contribution >= 0.6 is 0 Å². The van der Waals surface area contributed by atoms with E-state index in [1.54, 1.807) is 37.3 Å². The summed E-state index contributed by atoms with van der Waals surface area (Å²) in [5, 5.41) is 24.2. The van der Waals surface area contributed by atoms with Crippen molar-refractivity contribution in [3.8, 4) is 0 Å². The molecule has 0 heterocycles. The second kappa shape index (κ2) is 7.93. The van der Waals surface area contributed by atoms with Crippen molar-refractivity contribution in [2.75, 3.05) is 0 Å². The molecular formula is C10H14O5. The summed E-state index contributed by atoms with van der Waals surface area (Å²) in [6, 6.07) is 8.30. The first kappa shape index (κ1) is 13.6. The Morgan fingerprint density at radius 2 is 1.93 bits per heavy atom. The molecular weight excluding hydrogens is 200 g/mol. The van der Waals surface area contributed by atoms with E-state index in [1.165, 1.54) is 0 Å². The Morgan fingerprint density at radius 3 is 2.13 bits per heavy atom. The molecule has 0 spiro atoms. The maximum Gasteiger partial charge on any atom is 0.335 e. The van der Waals surface area contributed by atoms with Crippen molar-refractivity contribution in [2.24, 2.45) is 0 Å². The molecule has 0 saturated heterocycles. The van der Waals surface area contributed by atoms with Gasteiger partial charge in [0.05, 0.1) is 5.56 Å². The topological polar surface area (TPSA) is 87.0 Å². The average molecular weight is 214 g/mol. The van der Waals surface area contributed by atoms with Crippen molar-refractivity contribution in [1.82, 2.24) is 0 Å². The zero-order valence-electron chi connectivity index (χ0n) is 8.33. The Morgan fingerprint density at radius 1 is 1.40 bits per heavy atom. The van der Waals surface area contributed by atoms with Crippen LogP contribution in [0.25, 0.3) is 0 Å². The van der Waals surface area contributed by atoms with E-state index >= 15 is 0 Å². The second-order valence-electron chi connectivity index (χ2n) is 2.64. The highest BCUT2D eigenvalue weighted by molar-refractivity contribution is 5.87. The predicted octanol–water partition coefficient (Wildman–Crippen LogP) is 1.59. The van der Waals surface area contributed by atoms with Crippen LogP contribution in [0, 0.1) is 0 Å². The molecule has 0 aliphatic carbocycles. The molecule has 0 bridgehead atoms. The molecule has 5 nitrogen and oxygen atoms in total. The van der Waals surface area contributed by atoms with Crippen LogP contribution in [0.5, 0.6) is 0 Å². The van der Waals surface area contributed by atoms with Crippen molar-refractivity contribution >= 4 is 5.97 Å². The molecule has 1 aromatic rings. The maximum atomic E-state index is 10.2. The molecule has 1 atom stereocenters. The number of carboxylic acid groups (broad SMARTS) is 1. The fraction of sp³-hybridized carbons (Fsp3) is 0.300. The van der Waals surface area contributed by atoms with Gasteiger partial charge < -0.3 is 10.2 Å². The number of carboxylic acids is 1. The first-order valence-electron chi connectivity index (χ1n) is 4.38. The molecule has 0 aromatic heterocycles. The van der Waals surface area contributed by atoms with Gasteiger partial charge in [-0.3, -0.25) is 0 Å². The van der Waals surface area contributed by atoms with E-state index in [2.05, 4.69) is 4.89 Å². The molecule has 15 heavy (non-hydrogen) atoms. The van der Waals surface area contributed by atoms with Gasteiger partial charge in [0.2, 0.25) is 0 Å². The Kier molecular flexibility index (Phi) is 7.17. The number of benzene rings is 1. The molecule has 0 aliphatic rings. The molecule has 1 aromatic carbocycles.